The maximum atomic E-state index is 6.36. The zero-order valence-electron chi connectivity index (χ0n) is 11.8. The Morgan fingerprint density at radius 1 is 1.24 bits per heavy atom. The van der Waals surface area contributed by atoms with Crippen molar-refractivity contribution in [2.75, 3.05) is 6.54 Å². The number of halogens is 1. The van der Waals surface area contributed by atoms with Gasteiger partial charge in [0.2, 0.25) is 0 Å². The fourth-order valence-electron chi connectivity index (χ4n) is 2.49. The number of pyridine rings is 1. The first kappa shape index (κ1) is 14.5. The van der Waals surface area contributed by atoms with Crippen LogP contribution in [0.25, 0.3) is 10.8 Å². The van der Waals surface area contributed by atoms with E-state index in [0.717, 1.165) is 28.6 Å². The van der Waals surface area contributed by atoms with E-state index in [4.69, 9.17) is 11.6 Å². The van der Waals surface area contributed by atoms with Crippen molar-refractivity contribution < 1.29 is 0 Å². The highest BCUT2D eigenvalue weighted by atomic mass is 35.5. The number of nitrogens with one attached hydrogen (secondary N) is 1. The van der Waals surface area contributed by atoms with Gasteiger partial charge in [0.15, 0.2) is 0 Å². The minimum atomic E-state index is 0.0450. The Morgan fingerprint density at radius 2 is 2.10 bits per heavy atom. The summed E-state index contributed by atoms with van der Waals surface area (Å²) in [5.74, 6) is 0. The van der Waals surface area contributed by atoms with Crippen LogP contribution in [0.3, 0.4) is 0 Å². The number of aromatic nitrogens is 1. The van der Waals surface area contributed by atoms with Crippen molar-refractivity contribution in [1.29, 1.82) is 0 Å². The lowest BCUT2D eigenvalue weighted by Crippen LogP contribution is -2.23. The first-order valence-electron chi connectivity index (χ1n) is 7.11. The van der Waals surface area contributed by atoms with Crippen LogP contribution in [0.1, 0.15) is 30.0 Å². The lowest BCUT2D eigenvalue weighted by molar-refractivity contribution is 0.597. The highest BCUT2D eigenvalue weighted by Crippen LogP contribution is 2.34. The van der Waals surface area contributed by atoms with E-state index in [9.17, 15) is 0 Å². The summed E-state index contributed by atoms with van der Waals surface area (Å²) >= 11 is 8.03. The van der Waals surface area contributed by atoms with Crippen molar-refractivity contribution in [3.05, 3.63) is 63.6 Å². The Bertz CT molecular complexity index is 733. The molecule has 1 unspecified atom stereocenters. The van der Waals surface area contributed by atoms with Crippen LogP contribution in [0.2, 0.25) is 5.02 Å². The van der Waals surface area contributed by atoms with Crippen LogP contribution in [0.5, 0.6) is 0 Å². The van der Waals surface area contributed by atoms with E-state index in [1.165, 1.54) is 10.8 Å². The number of nitrogens with zero attached hydrogens (tertiary/aromatic N) is 1. The van der Waals surface area contributed by atoms with Crippen molar-refractivity contribution >= 4 is 33.7 Å². The Hall–Kier alpha value is -1.42. The molecule has 0 aliphatic heterocycles. The second-order valence-corrected chi connectivity index (χ2v) is 6.29. The zero-order valence-corrected chi connectivity index (χ0v) is 13.4. The molecule has 2 nitrogen and oxygen atoms in total. The third-order valence-electron chi connectivity index (χ3n) is 3.48. The van der Waals surface area contributed by atoms with Crippen LogP contribution >= 0.6 is 22.9 Å². The molecular formula is C17H17ClN2S. The van der Waals surface area contributed by atoms with Crippen molar-refractivity contribution in [3.63, 3.8) is 0 Å². The van der Waals surface area contributed by atoms with Gasteiger partial charge in [-0.1, -0.05) is 42.8 Å². The monoisotopic (exact) mass is 316 g/mol. The third-order valence-corrected chi connectivity index (χ3v) is 4.91. The van der Waals surface area contributed by atoms with E-state index in [2.05, 4.69) is 41.5 Å². The number of rotatable bonds is 5. The maximum absolute atomic E-state index is 6.36. The molecular weight excluding hydrogens is 300 g/mol. The molecule has 0 fully saturated rings. The molecule has 1 aromatic carbocycles. The minimum Gasteiger partial charge on any atom is -0.304 e. The largest absolute Gasteiger partial charge is 0.304 e. The fraction of sp³-hybridized carbons (Fsp3) is 0.235. The summed E-state index contributed by atoms with van der Waals surface area (Å²) in [6, 6.07) is 12.4. The Labute approximate surface area is 133 Å². The van der Waals surface area contributed by atoms with Gasteiger partial charge in [-0.05, 0) is 35.9 Å². The SMILES string of the molecule is CCCNC(c1sccc1Cl)c1nccc2ccccc12. The van der Waals surface area contributed by atoms with Crippen molar-refractivity contribution in [3.8, 4) is 0 Å². The summed E-state index contributed by atoms with van der Waals surface area (Å²) in [4.78, 5) is 5.78. The molecule has 0 bridgehead atoms. The molecule has 0 amide bonds. The predicted octanol–water partition coefficient (Wildman–Crippen LogP) is 5.04. The van der Waals surface area contributed by atoms with Crippen LogP contribution in [0.15, 0.2) is 48.0 Å². The van der Waals surface area contributed by atoms with Gasteiger partial charge in [0.1, 0.15) is 0 Å². The molecule has 21 heavy (non-hydrogen) atoms. The molecule has 1 atom stereocenters. The summed E-state index contributed by atoms with van der Waals surface area (Å²) in [5, 5.41) is 8.81. The molecule has 0 radical (unpaired) electrons. The third kappa shape index (κ3) is 2.95. The summed E-state index contributed by atoms with van der Waals surface area (Å²) in [6.45, 7) is 3.10. The molecule has 3 aromatic rings. The first-order valence-corrected chi connectivity index (χ1v) is 8.37. The van der Waals surface area contributed by atoms with Gasteiger partial charge in [-0.3, -0.25) is 4.98 Å². The molecule has 0 saturated carbocycles. The fourth-order valence-corrected chi connectivity index (χ4v) is 3.73. The maximum Gasteiger partial charge on any atom is 0.0866 e. The topological polar surface area (TPSA) is 24.9 Å². The van der Waals surface area contributed by atoms with Crippen LogP contribution in [0.4, 0.5) is 0 Å². The molecule has 2 aromatic heterocycles. The van der Waals surface area contributed by atoms with Crippen LogP contribution in [-0.2, 0) is 0 Å². The number of hydrogen-bond donors (Lipinski definition) is 1. The van der Waals surface area contributed by atoms with E-state index < -0.39 is 0 Å². The Kier molecular flexibility index (Phi) is 4.54. The highest BCUT2D eigenvalue weighted by Gasteiger charge is 2.21. The standard InChI is InChI=1S/C17H17ClN2S/c1-2-9-19-16(17-14(18)8-11-21-17)15-13-6-4-3-5-12(13)7-10-20-15/h3-8,10-11,16,19H,2,9H2,1H3. The number of thiophene rings is 1. The lowest BCUT2D eigenvalue weighted by atomic mass is 10.0. The molecule has 3 rings (SSSR count). The molecule has 108 valence electrons. The average molecular weight is 317 g/mol. The average Bonchev–Trinajstić information content (AvgIpc) is 2.94. The first-order chi connectivity index (χ1) is 10.3. The van der Waals surface area contributed by atoms with E-state index in [1.54, 1.807) is 11.3 Å². The number of benzene rings is 1. The Balaban J connectivity index is 2.12. The molecule has 1 N–H and O–H groups in total. The van der Waals surface area contributed by atoms with E-state index in [1.807, 2.05) is 23.7 Å². The van der Waals surface area contributed by atoms with Gasteiger partial charge in [-0.15, -0.1) is 11.3 Å². The Morgan fingerprint density at radius 3 is 2.86 bits per heavy atom. The second-order valence-electron chi connectivity index (χ2n) is 4.94. The van der Waals surface area contributed by atoms with Gasteiger partial charge in [0, 0.05) is 16.5 Å². The van der Waals surface area contributed by atoms with Crippen LogP contribution < -0.4 is 5.32 Å². The van der Waals surface area contributed by atoms with E-state index in [-0.39, 0.29) is 6.04 Å². The summed E-state index contributed by atoms with van der Waals surface area (Å²) in [5.41, 5.74) is 1.05. The predicted molar refractivity (Wildman–Crippen MR) is 91.2 cm³/mol. The van der Waals surface area contributed by atoms with E-state index in [0.29, 0.717) is 0 Å². The lowest BCUT2D eigenvalue weighted by Gasteiger charge is -2.19. The minimum absolute atomic E-state index is 0.0450. The van der Waals surface area contributed by atoms with Gasteiger partial charge in [-0.25, -0.2) is 0 Å². The quantitative estimate of drug-likeness (QED) is 0.713. The molecule has 0 saturated heterocycles. The number of fused-ring (bicyclic) bond motifs is 1. The molecule has 0 aliphatic carbocycles. The molecule has 0 spiro atoms. The van der Waals surface area contributed by atoms with E-state index >= 15 is 0 Å². The smallest absolute Gasteiger partial charge is 0.0866 e. The summed E-state index contributed by atoms with van der Waals surface area (Å²) < 4.78 is 0. The van der Waals surface area contributed by atoms with Gasteiger partial charge in [0.25, 0.3) is 0 Å². The molecule has 4 heteroatoms. The zero-order chi connectivity index (χ0) is 14.7. The summed E-state index contributed by atoms with van der Waals surface area (Å²) in [7, 11) is 0. The normalized spacial score (nSPS) is 12.7. The molecule has 2 heterocycles. The van der Waals surface area contributed by atoms with Gasteiger partial charge in [0.05, 0.1) is 16.8 Å². The van der Waals surface area contributed by atoms with Crippen molar-refractivity contribution in [2.45, 2.75) is 19.4 Å². The summed E-state index contributed by atoms with van der Waals surface area (Å²) in [6.07, 6.45) is 2.95. The van der Waals surface area contributed by atoms with Gasteiger partial charge < -0.3 is 5.32 Å². The van der Waals surface area contributed by atoms with Gasteiger partial charge in [-0.2, -0.15) is 0 Å². The van der Waals surface area contributed by atoms with Crippen LogP contribution in [0, 0.1) is 0 Å². The van der Waals surface area contributed by atoms with Gasteiger partial charge >= 0.3 is 0 Å². The molecule has 0 aliphatic rings. The highest BCUT2D eigenvalue weighted by molar-refractivity contribution is 7.10. The van der Waals surface area contributed by atoms with Crippen molar-refractivity contribution in [2.24, 2.45) is 0 Å². The second kappa shape index (κ2) is 6.56. The number of hydrogen-bond acceptors (Lipinski definition) is 3. The van der Waals surface area contributed by atoms with Crippen LogP contribution in [-0.4, -0.2) is 11.5 Å². The van der Waals surface area contributed by atoms with Crippen molar-refractivity contribution in [1.82, 2.24) is 10.3 Å².